The minimum atomic E-state index is -0.526. The van der Waals surface area contributed by atoms with Crippen LogP contribution in [0.1, 0.15) is 31.2 Å². The summed E-state index contributed by atoms with van der Waals surface area (Å²) in [5, 5.41) is 11.2. The lowest BCUT2D eigenvalue weighted by atomic mass is 9.96. The van der Waals surface area contributed by atoms with Crippen LogP contribution in [-0.4, -0.2) is 23.0 Å². The minimum absolute atomic E-state index is 0.138. The molecule has 0 amide bonds. The molecule has 6 heteroatoms. The van der Waals surface area contributed by atoms with Gasteiger partial charge in [0.05, 0.1) is 11.0 Å². The molecule has 2 saturated heterocycles. The van der Waals surface area contributed by atoms with E-state index in [1.807, 2.05) is 0 Å². The van der Waals surface area contributed by atoms with E-state index in [1.54, 1.807) is 13.0 Å². The Morgan fingerprint density at radius 1 is 1.35 bits per heavy atom. The van der Waals surface area contributed by atoms with Crippen LogP contribution in [0, 0.1) is 22.9 Å². The van der Waals surface area contributed by atoms with Crippen molar-refractivity contribution in [2.24, 2.45) is 5.73 Å². The van der Waals surface area contributed by atoms with Gasteiger partial charge in [0.15, 0.2) is 0 Å². The number of rotatable bonds is 2. The second-order valence-electron chi connectivity index (χ2n) is 5.87. The summed E-state index contributed by atoms with van der Waals surface area (Å²) in [5.41, 5.74) is 6.88. The molecule has 5 nitrogen and oxygen atoms in total. The Bertz CT molecular complexity index is 550. The molecule has 0 aliphatic carbocycles. The molecule has 2 fully saturated rings. The summed E-state index contributed by atoms with van der Waals surface area (Å²) in [6.45, 7) is 1.64. The van der Waals surface area contributed by atoms with Crippen LogP contribution in [0.15, 0.2) is 12.1 Å². The van der Waals surface area contributed by atoms with E-state index in [-0.39, 0.29) is 23.8 Å². The van der Waals surface area contributed by atoms with Crippen molar-refractivity contribution in [2.45, 2.75) is 50.7 Å². The van der Waals surface area contributed by atoms with Gasteiger partial charge in [-0.15, -0.1) is 0 Å². The second-order valence-corrected chi connectivity index (χ2v) is 5.87. The molecule has 1 aromatic rings. The summed E-state index contributed by atoms with van der Waals surface area (Å²) in [6, 6.07) is 3.30. The number of anilines is 1. The van der Waals surface area contributed by atoms with Gasteiger partial charge in [-0.2, -0.15) is 0 Å². The first-order chi connectivity index (χ1) is 9.47. The van der Waals surface area contributed by atoms with E-state index in [9.17, 15) is 14.5 Å². The largest absolute Gasteiger partial charge is 0.360 e. The fraction of sp³-hybridized carbons (Fsp3) is 0.571. The van der Waals surface area contributed by atoms with Crippen molar-refractivity contribution in [3.8, 4) is 0 Å². The molecule has 0 spiro atoms. The lowest BCUT2D eigenvalue weighted by Gasteiger charge is -2.39. The van der Waals surface area contributed by atoms with Gasteiger partial charge in [-0.25, -0.2) is 4.39 Å². The van der Waals surface area contributed by atoms with Crippen LogP contribution in [-0.2, 0) is 0 Å². The molecule has 1 aromatic carbocycles. The first kappa shape index (κ1) is 13.3. The van der Waals surface area contributed by atoms with Crippen molar-refractivity contribution in [1.29, 1.82) is 0 Å². The third-order valence-corrected chi connectivity index (χ3v) is 4.50. The van der Waals surface area contributed by atoms with Crippen molar-refractivity contribution in [2.75, 3.05) is 4.90 Å². The Kier molecular flexibility index (Phi) is 3.12. The molecule has 2 N–H and O–H groups in total. The zero-order chi connectivity index (χ0) is 14.4. The molecule has 2 heterocycles. The fourth-order valence-electron chi connectivity index (χ4n) is 3.62. The zero-order valence-corrected chi connectivity index (χ0v) is 11.4. The highest BCUT2D eigenvalue weighted by molar-refractivity contribution is 5.66. The number of halogens is 1. The van der Waals surface area contributed by atoms with Gasteiger partial charge in [-0.05, 0) is 44.2 Å². The monoisotopic (exact) mass is 279 g/mol. The average Bonchev–Trinajstić information content (AvgIpc) is 2.64. The number of nitro benzene ring substituents is 1. The highest BCUT2D eigenvalue weighted by atomic mass is 19.1. The first-order valence-corrected chi connectivity index (χ1v) is 6.96. The summed E-state index contributed by atoms with van der Waals surface area (Å²) >= 11 is 0. The van der Waals surface area contributed by atoms with E-state index in [0.717, 1.165) is 31.7 Å². The van der Waals surface area contributed by atoms with Gasteiger partial charge in [0.25, 0.3) is 5.69 Å². The van der Waals surface area contributed by atoms with Crippen LogP contribution in [0.4, 0.5) is 15.8 Å². The van der Waals surface area contributed by atoms with Crippen LogP contribution in [0.3, 0.4) is 0 Å². The summed E-state index contributed by atoms with van der Waals surface area (Å²) in [4.78, 5) is 12.8. The SMILES string of the molecule is Cc1cc(N2C3CCC2CC(N)C3)c([N+](=O)[O-])cc1F. The van der Waals surface area contributed by atoms with Crippen LogP contribution < -0.4 is 10.6 Å². The number of hydrogen-bond donors (Lipinski definition) is 1. The van der Waals surface area contributed by atoms with E-state index in [1.165, 1.54) is 0 Å². The summed E-state index contributed by atoms with van der Waals surface area (Å²) < 4.78 is 13.6. The van der Waals surface area contributed by atoms with E-state index < -0.39 is 10.7 Å². The Morgan fingerprint density at radius 3 is 2.50 bits per heavy atom. The summed E-state index contributed by atoms with van der Waals surface area (Å²) in [7, 11) is 0. The molecule has 108 valence electrons. The van der Waals surface area contributed by atoms with Gasteiger partial charge >= 0.3 is 0 Å². The van der Waals surface area contributed by atoms with Crippen molar-refractivity contribution < 1.29 is 9.31 Å². The number of fused-ring (bicyclic) bond motifs is 2. The number of nitro groups is 1. The summed E-state index contributed by atoms with van der Waals surface area (Å²) in [5.74, 6) is -0.526. The maximum Gasteiger partial charge on any atom is 0.295 e. The predicted octanol–water partition coefficient (Wildman–Crippen LogP) is 2.50. The normalized spacial score (nSPS) is 28.8. The van der Waals surface area contributed by atoms with Crippen molar-refractivity contribution in [3.63, 3.8) is 0 Å². The van der Waals surface area contributed by atoms with Gasteiger partial charge in [0.2, 0.25) is 0 Å². The van der Waals surface area contributed by atoms with E-state index >= 15 is 0 Å². The van der Waals surface area contributed by atoms with E-state index in [4.69, 9.17) is 5.73 Å². The van der Waals surface area contributed by atoms with Gasteiger partial charge < -0.3 is 10.6 Å². The molecule has 2 atom stereocenters. The Balaban J connectivity index is 2.06. The highest BCUT2D eigenvalue weighted by Gasteiger charge is 2.42. The minimum Gasteiger partial charge on any atom is -0.360 e. The van der Waals surface area contributed by atoms with Crippen molar-refractivity contribution in [1.82, 2.24) is 0 Å². The molecule has 0 aromatic heterocycles. The van der Waals surface area contributed by atoms with Crippen LogP contribution in [0.5, 0.6) is 0 Å². The third-order valence-electron chi connectivity index (χ3n) is 4.50. The topological polar surface area (TPSA) is 72.4 Å². The molecule has 3 rings (SSSR count). The number of nitrogens with two attached hydrogens (primary N) is 1. The van der Waals surface area contributed by atoms with E-state index in [0.29, 0.717) is 11.3 Å². The maximum atomic E-state index is 13.6. The zero-order valence-electron chi connectivity index (χ0n) is 11.4. The van der Waals surface area contributed by atoms with Gasteiger partial charge in [-0.1, -0.05) is 0 Å². The number of hydrogen-bond acceptors (Lipinski definition) is 4. The molecular formula is C14H18FN3O2. The number of benzene rings is 1. The maximum absolute atomic E-state index is 13.6. The van der Waals surface area contributed by atoms with Crippen molar-refractivity contribution in [3.05, 3.63) is 33.6 Å². The third kappa shape index (κ3) is 2.04. The van der Waals surface area contributed by atoms with E-state index in [2.05, 4.69) is 4.90 Å². The quantitative estimate of drug-likeness (QED) is 0.667. The predicted molar refractivity (Wildman–Crippen MR) is 74.3 cm³/mol. The lowest BCUT2D eigenvalue weighted by molar-refractivity contribution is -0.384. The smallest absolute Gasteiger partial charge is 0.295 e. The Hall–Kier alpha value is -1.69. The first-order valence-electron chi connectivity index (χ1n) is 6.96. The molecule has 2 aliphatic heterocycles. The van der Waals surface area contributed by atoms with Crippen molar-refractivity contribution >= 4 is 11.4 Å². The molecule has 20 heavy (non-hydrogen) atoms. The van der Waals surface area contributed by atoms with Crippen LogP contribution in [0.25, 0.3) is 0 Å². The van der Waals surface area contributed by atoms with Gasteiger partial charge in [0.1, 0.15) is 11.5 Å². The summed E-state index contributed by atoms with van der Waals surface area (Å²) in [6.07, 6.45) is 3.71. The fourth-order valence-corrected chi connectivity index (χ4v) is 3.62. The lowest BCUT2D eigenvalue weighted by Crippen LogP contribution is -2.47. The number of nitrogens with zero attached hydrogens (tertiary/aromatic N) is 2. The molecule has 2 unspecified atom stereocenters. The molecule has 2 bridgehead atoms. The second kappa shape index (κ2) is 4.70. The number of piperidine rings is 1. The highest BCUT2D eigenvalue weighted by Crippen LogP contribution is 2.43. The Morgan fingerprint density at radius 2 is 1.95 bits per heavy atom. The standard InChI is InChI=1S/C14H18FN3O2/c1-8-4-13(14(18(19)20)7-12(8)15)17-10-2-3-11(17)6-9(16)5-10/h4,7,9-11H,2-3,5-6,16H2,1H3. The van der Waals surface area contributed by atoms with Gasteiger partial charge in [0, 0.05) is 18.1 Å². The molecule has 0 saturated carbocycles. The van der Waals surface area contributed by atoms with Gasteiger partial charge in [-0.3, -0.25) is 10.1 Å². The Labute approximate surface area is 116 Å². The van der Waals surface area contributed by atoms with Crippen LogP contribution >= 0.6 is 0 Å². The molecule has 2 aliphatic rings. The average molecular weight is 279 g/mol. The van der Waals surface area contributed by atoms with Crippen LogP contribution in [0.2, 0.25) is 0 Å². The number of aryl methyl sites for hydroxylation is 1. The molecule has 0 radical (unpaired) electrons. The molecular weight excluding hydrogens is 261 g/mol.